The number of rotatable bonds is 3. The summed E-state index contributed by atoms with van der Waals surface area (Å²) < 4.78 is 13.4. The van der Waals surface area contributed by atoms with Crippen LogP contribution in [-0.4, -0.2) is 15.9 Å². The van der Waals surface area contributed by atoms with Crippen LogP contribution in [0.3, 0.4) is 0 Å². The van der Waals surface area contributed by atoms with E-state index in [1.54, 1.807) is 30.6 Å². The number of amides is 1. The molecule has 2 aromatic heterocycles. The number of hydrogen-bond acceptors (Lipinski definition) is 3. The second-order valence-corrected chi connectivity index (χ2v) is 5.77. The fourth-order valence-electron chi connectivity index (χ4n) is 2.80. The van der Waals surface area contributed by atoms with Gasteiger partial charge in [-0.15, -0.1) is 0 Å². The maximum atomic E-state index is 13.4. The summed E-state index contributed by atoms with van der Waals surface area (Å²) in [6.45, 7) is 0. The third-order valence-corrected chi connectivity index (χ3v) is 4.02. The largest absolute Gasteiger partial charge is 0.322 e. The van der Waals surface area contributed by atoms with E-state index in [9.17, 15) is 9.18 Å². The Bertz CT molecular complexity index is 1100. The first kappa shape index (κ1) is 15.9. The molecule has 0 radical (unpaired) electrons. The fraction of sp³-hybridized carbons (Fsp3) is 0. The minimum atomic E-state index is -0.403. The highest BCUT2D eigenvalue weighted by atomic mass is 19.1. The van der Waals surface area contributed by atoms with Gasteiger partial charge in [0.25, 0.3) is 5.91 Å². The van der Waals surface area contributed by atoms with Crippen molar-refractivity contribution in [2.75, 3.05) is 5.32 Å². The molecule has 126 valence electrons. The zero-order chi connectivity index (χ0) is 17.9. The number of carbonyl (C=O) groups is 1. The number of halogens is 1. The van der Waals surface area contributed by atoms with E-state index in [2.05, 4.69) is 15.3 Å². The number of para-hydroxylation sites is 1. The van der Waals surface area contributed by atoms with E-state index in [0.717, 1.165) is 10.9 Å². The van der Waals surface area contributed by atoms with E-state index in [1.807, 2.05) is 36.4 Å². The Morgan fingerprint density at radius 2 is 1.73 bits per heavy atom. The Balaban J connectivity index is 1.81. The summed E-state index contributed by atoms with van der Waals surface area (Å²) in [5.74, 6) is -0.718. The Morgan fingerprint density at radius 3 is 2.54 bits per heavy atom. The summed E-state index contributed by atoms with van der Waals surface area (Å²) in [5.41, 5.74) is 3.14. The van der Waals surface area contributed by atoms with E-state index in [1.165, 1.54) is 12.1 Å². The molecule has 0 aliphatic heterocycles. The van der Waals surface area contributed by atoms with Crippen LogP contribution < -0.4 is 5.32 Å². The number of nitrogens with one attached hydrogen (secondary N) is 1. The first-order valence-corrected chi connectivity index (χ1v) is 8.08. The summed E-state index contributed by atoms with van der Waals surface area (Å²) in [7, 11) is 0. The molecule has 0 unspecified atom stereocenters. The number of aromatic nitrogens is 2. The quantitative estimate of drug-likeness (QED) is 0.587. The van der Waals surface area contributed by atoms with Gasteiger partial charge in [0.1, 0.15) is 5.82 Å². The van der Waals surface area contributed by atoms with Gasteiger partial charge < -0.3 is 5.32 Å². The molecular formula is C21H14FN3O. The molecule has 0 atom stereocenters. The maximum absolute atomic E-state index is 13.4. The average molecular weight is 343 g/mol. The lowest BCUT2D eigenvalue weighted by Crippen LogP contribution is -2.13. The molecule has 26 heavy (non-hydrogen) atoms. The van der Waals surface area contributed by atoms with Gasteiger partial charge in [0.2, 0.25) is 0 Å². The summed E-state index contributed by atoms with van der Waals surface area (Å²) in [6.07, 6.45) is 3.36. The van der Waals surface area contributed by atoms with Crippen LogP contribution in [0.2, 0.25) is 0 Å². The smallest absolute Gasteiger partial charge is 0.256 e. The summed E-state index contributed by atoms with van der Waals surface area (Å²) in [4.78, 5) is 21.5. The lowest BCUT2D eigenvalue weighted by molar-refractivity contribution is 0.102. The van der Waals surface area contributed by atoms with Gasteiger partial charge in [-0.05, 0) is 42.5 Å². The Morgan fingerprint density at radius 1 is 0.923 bits per heavy atom. The van der Waals surface area contributed by atoms with Crippen LogP contribution >= 0.6 is 0 Å². The van der Waals surface area contributed by atoms with Crippen molar-refractivity contribution >= 4 is 22.5 Å². The van der Waals surface area contributed by atoms with Crippen LogP contribution in [0.5, 0.6) is 0 Å². The van der Waals surface area contributed by atoms with Gasteiger partial charge in [0, 0.05) is 29.0 Å². The van der Waals surface area contributed by atoms with Gasteiger partial charge in [-0.25, -0.2) is 9.37 Å². The normalized spacial score (nSPS) is 10.7. The van der Waals surface area contributed by atoms with Crippen LogP contribution in [0, 0.1) is 5.82 Å². The van der Waals surface area contributed by atoms with Crippen molar-refractivity contribution in [1.29, 1.82) is 0 Å². The molecule has 0 aliphatic rings. The zero-order valence-electron chi connectivity index (χ0n) is 13.7. The standard InChI is InChI=1S/C21H14FN3O/c22-15-4-3-5-16(12-15)24-21(26)18-13-20(14-8-10-23-11-9-14)25-19-7-2-1-6-17(18)19/h1-13H,(H,24,26). The number of anilines is 1. The minimum absolute atomic E-state index is 0.315. The SMILES string of the molecule is O=C(Nc1cccc(F)c1)c1cc(-c2ccncc2)nc2ccccc12. The molecule has 4 rings (SSSR count). The summed E-state index contributed by atoms with van der Waals surface area (Å²) in [6, 6.07) is 18.7. The number of hydrogen-bond donors (Lipinski definition) is 1. The molecule has 0 bridgehead atoms. The van der Waals surface area contributed by atoms with Crippen molar-refractivity contribution in [1.82, 2.24) is 9.97 Å². The molecule has 5 heteroatoms. The van der Waals surface area contributed by atoms with Crippen molar-refractivity contribution in [3.8, 4) is 11.3 Å². The van der Waals surface area contributed by atoms with Gasteiger partial charge in [-0.1, -0.05) is 24.3 Å². The third kappa shape index (κ3) is 3.15. The van der Waals surface area contributed by atoms with Crippen molar-refractivity contribution in [2.45, 2.75) is 0 Å². The number of fused-ring (bicyclic) bond motifs is 1. The van der Waals surface area contributed by atoms with Crippen LogP contribution in [0.25, 0.3) is 22.2 Å². The highest BCUT2D eigenvalue weighted by Crippen LogP contribution is 2.25. The van der Waals surface area contributed by atoms with Gasteiger partial charge in [0.15, 0.2) is 0 Å². The van der Waals surface area contributed by atoms with Gasteiger partial charge in [-0.2, -0.15) is 0 Å². The number of carbonyl (C=O) groups excluding carboxylic acids is 1. The first-order chi connectivity index (χ1) is 12.7. The molecule has 2 heterocycles. The molecule has 4 nitrogen and oxygen atoms in total. The maximum Gasteiger partial charge on any atom is 0.256 e. The number of nitrogens with zero attached hydrogens (tertiary/aromatic N) is 2. The summed E-state index contributed by atoms with van der Waals surface area (Å²) >= 11 is 0. The lowest BCUT2D eigenvalue weighted by Gasteiger charge is -2.10. The van der Waals surface area contributed by atoms with E-state index >= 15 is 0 Å². The monoisotopic (exact) mass is 343 g/mol. The molecule has 1 N–H and O–H groups in total. The molecule has 0 spiro atoms. The number of benzene rings is 2. The van der Waals surface area contributed by atoms with Crippen molar-refractivity contribution in [3.63, 3.8) is 0 Å². The minimum Gasteiger partial charge on any atom is -0.322 e. The first-order valence-electron chi connectivity index (χ1n) is 8.08. The molecule has 4 aromatic rings. The topological polar surface area (TPSA) is 54.9 Å². The third-order valence-electron chi connectivity index (χ3n) is 4.02. The highest BCUT2D eigenvalue weighted by molar-refractivity contribution is 6.13. The fourth-order valence-corrected chi connectivity index (χ4v) is 2.80. The Hall–Kier alpha value is -3.60. The molecule has 0 saturated heterocycles. The van der Waals surface area contributed by atoms with Gasteiger partial charge in [-0.3, -0.25) is 9.78 Å². The van der Waals surface area contributed by atoms with E-state index in [-0.39, 0.29) is 5.91 Å². The van der Waals surface area contributed by atoms with Crippen molar-refractivity contribution in [2.24, 2.45) is 0 Å². The summed E-state index contributed by atoms with van der Waals surface area (Å²) in [5, 5.41) is 3.49. The molecule has 1 amide bonds. The molecule has 0 saturated carbocycles. The highest BCUT2D eigenvalue weighted by Gasteiger charge is 2.14. The van der Waals surface area contributed by atoms with E-state index in [4.69, 9.17) is 0 Å². The van der Waals surface area contributed by atoms with Gasteiger partial charge in [0.05, 0.1) is 16.8 Å². The van der Waals surface area contributed by atoms with E-state index in [0.29, 0.717) is 22.5 Å². The van der Waals surface area contributed by atoms with Gasteiger partial charge >= 0.3 is 0 Å². The second-order valence-electron chi connectivity index (χ2n) is 5.77. The van der Waals surface area contributed by atoms with Crippen LogP contribution in [-0.2, 0) is 0 Å². The average Bonchev–Trinajstić information content (AvgIpc) is 2.68. The van der Waals surface area contributed by atoms with Crippen molar-refractivity contribution < 1.29 is 9.18 Å². The molecule has 0 aliphatic carbocycles. The Labute approximate surface area is 149 Å². The van der Waals surface area contributed by atoms with Crippen LogP contribution in [0.15, 0.2) is 79.1 Å². The van der Waals surface area contributed by atoms with Crippen molar-refractivity contribution in [3.05, 3.63) is 90.5 Å². The predicted octanol–water partition coefficient (Wildman–Crippen LogP) is 4.69. The molecule has 0 fully saturated rings. The van der Waals surface area contributed by atoms with Crippen LogP contribution in [0.1, 0.15) is 10.4 Å². The number of pyridine rings is 2. The Kier molecular flexibility index (Phi) is 4.11. The zero-order valence-corrected chi connectivity index (χ0v) is 13.7. The lowest BCUT2D eigenvalue weighted by atomic mass is 10.0. The van der Waals surface area contributed by atoms with E-state index < -0.39 is 5.82 Å². The van der Waals surface area contributed by atoms with Crippen LogP contribution in [0.4, 0.5) is 10.1 Å². The molecule has 2 aromatic carbocycles. The second kappa shape index (κ2) is 6.72. The molecular weight excluding hydrogens is 329 g/mol. The predicted molar refractivity (Wildman–Crippen MR) is 99.3 cm³/mol.